The Morgan fingerprint density at radius 2 is 2.40 bits per heavy atom. The van der Waals surface area contributed by atoms with Crippen molar-refractivity contribution in [2.24, 2.45) is 5.73 Å². The Hall–Kier alpha value is -0.380. The smallest absolute Gasteiger partial charge is 0.0302 e. The number of hydrogen-bond acceptors (Lipinski definition) is 3. The highest BCUT2D eigenvalue weighted by atomic mass is 32.1. The third-order valence-corrected chi connectivity index (χ3v) is 4.26. The van der Waals surface area contributed by atoms with E-state index < -0.39 is 0 Å². The quantitative estimate of drug-likeness (QED) is 0.803. The van der Waals surface area contributed by atoms with Crippen molar-refractivity contribution >= 4 is 11.3 Å². The topological polar surface area (TPSA) is 38.0 Å². The highest BCUT2D eigenvalue weighted by molar-refractivity contribution is 7.12. The second-order valence-electron chi connectivity index (χ2n) is 4.37. The predicted octanol–water partition coefficient (Wildman–Crippen LogP) is 2.06. The zero-order chi connectivity index (χ0) is 10.7. The summed E-state index contributed by atoms with van der Waals surface area (Å²) in [4.78, 5) is 3.11. The SMILES string of the molecule is CC(CCN)NCc1cc2c(s1)CCC2. The van der Waals surface area contributed by atoms with E-state index in [9.17, 15) is 0 Å². The predicted molar refractivity (Wildman–Crippen MR) is 66.3 cm³/mol. The van der Waals surface area contributed by atoms with Crippen molar-refractivity contribution in [3.63, 3.8) is 0 Å². The van der Waals surface area contributed by atoms with E-state index in [1.165, 1.54) is 24.1 Å². The summed E-state index contributed by atoms with van der Waals surface area (Å²) in [6, 6.07) is 2.92. The average molecular weight is 224 g/mol. The van der Waals surface area contributed by atoms with Gasteiger partial charge in [0.25, 0.3) is 0 Å². The Kier molecular flexibility index (Phi) is 3.78. The van der Waals surface area contributed by atoms with E-state index in [1.807, 2.05) is 11.3 Å². The van der Waals surface area contributed by atoms with E-state index in [-0.39, 0.29) is 0 Å². The van der Waals surface area contributed by atoms with Gasteiger partial charge < -0.3 is 11.1 Å². The maximum absolute atomic E-state index is 5.52. The minimum Gasteiger partial charge on any atom is -0.330 e. The third-order valence-electron chi connectivity index (χ3n) is 3.02. The first kappa shape index (κ1) is 11.1. The Labute approximate surface area is 95.9 Å². The number of hydrogen-bond donors (Lipinski definition) is 2. The zero-order valence-corrected chi connectivity index (χ0v) is 10.2. The second-order valence-corrected chi connectivity index (χ2v) is 5.60. The molecule has 3 heteroatoms. The van der Waals surface area contributed by atoms with E-state index in [0.29, 0.717) is 6.04 Å². The largest absolute Gasteiger partial charge is 0.330 e. The number of nitrogens with one attached hydrogen (secondary N) is 1. The maximum Gasteiger partial charge on any atom is 0.0302 e. The number of rotatable bonds is 5. The van der Waals surface area contributed by atoms with Gasteiger partial charge >= 0.3 is 0 Å². The van der Waals surface area contributed by atoms with Gasteiger partial charge in [0.2, 0.25) is 0 Å². The Morgan fingerprint density at radius 3 is 3.13 bits per heavy atom. The normalized spacial score (nSPS) is 16.7. The first-order valence-electron chi connectivity index (χ1n) is 5.83. The number of nitrogens with two attached hydrogens (primary N) is 1. The van der Waals surface area contributed by atoms with Crippen molar-refractivity contribution in [2.75, 3.05) is 6.54 Å². The molecule has 2 nitrogen and oxygen atoms in total. The van der Waals surface area contributed by atoms with Crippen LogP contribution in [0.3, 0.4) is 0 Å². The fourth-order valence-corrected chi connectivity index (χ4v) is 3.32. The van der Waals surface area contributed by atoms with Crippen LogP contribution in [0.5, 0.6) is 0 Å². The van der Waals surface area contributed by atoms with Crippen LogP contribution < -0.4 is 11.1 Å². The maximum atomic E-state index is 5.52. The van der Waals surface area contributed by atoms with E-state index in [0.717, 1.165) is 19.5 Å². The fraction of sp³-hybridized carbons (Fsp3) is 0.667. The molecule has 0 spiro atoms. The van der Waals surface area contributed by atoms with Crippen LogP contribution in [0.4, 0.5) is 0 Å². The van der Waals surface area contributed by atoms with Gasteiger partial charge in [-0.15, -0.1) is 11.3 Å². The van der Waals surface area contributed by atoms with Crippen LogP contribution in [0.25, 0.3) is 0 Å². The molecule has 1 aromatic rings. The molecule has 0 amide bonds. The standard InChI is InChI=1S/C12H20N2S/c1-9(5-6-13)14-8-11-7-10-3-2-4-12(10)15-11/h7,9,14H,2-6,8,13H2,1H3. The lowest BCUT2D eigenvalue weighted by Crippen LogP contribution is -2.27. The molecule has 0 saturated heterocycles. The van der Waals surface area contributed by atoms with Gasteiger partial charge in [-0.1, -0.05) is 0 Å². The first-order chi connectivity index (χ1) is 7.29. The highest BCUT2D eigenvalue weighted by Gasteiger charge is 2.14. The molecule has 2 rings (SSSR count). The van der Waals surface area contributed by atoms with Crippen molar-refractivity contribution in [1.82, 2.24) is 5.32 Å². The van der Waals surface area contributed by atoms with Gasteiger partial charge in [0.1, 0.15) is 0 Å². The van der Waals surface area contributed by atoms with Crippen LogP contribution in [0.15, 0.2) is 6.07 Å². The van der Waals surface area contributed by atoms with Gasteiger partial charge in [0.15, 0.2) is 0 Å². The van der Waals surface area contributed by atoms with Crippen LogP contribution in [0.1, 0.15) is 35.1 Å². The molecule has 84 valence electrons. The van der Waals surface area contributed by atoms with E-state index in [2.05, 4.69) is 18.3 Å². The van der Waals surface area contributed by atoms with Crippen LogP contribution in [0.2, 0.25) is 0 Å². The molecule has 1 aliphatic carbocycles. The molecular formula is C12H20N2S. The summed E-state index contributed by atoms with van der Waals surface area (Å²) in [6.45, 7) is 3.99. The summed E-state index contributed by atoms with van der Waals surface area (Å²) in [5.41, 5.74) is 7.12. The van der Waals surface area contributed by atoms with Gasteiger partial charge in [-0.2, -0.15) is 0 Å². The first-order valence-corrected chi connectivity index (χ1v) is 6.65. The van der Waals surface area contributed by atoms with Crippen LogP contribution in [-0.2, 0) is 19.4 Å². The van der Waals surface area contributed by atoms with Crippen molar-refractivity contribution < 1.29 is 0 Å². The number of fused-ring (bicyclic) bond motifs is 1. The van der Waals surface area contributed by atoms with Crippen LogP contribution in [0, 0.1) is 0 Å². The average Bonchev–Trinajstić information content (AvgIpc) is 2.74. The molecule has 0 radical (unpaired) electrons. The molecule has 0 bridgehead atoms. The van der Waals surface area contributed by atoms with Crippen molar-refractivity contribution in [2.45, 2.75) is 45.2 Å². The summed E-state index contributed by atoms with van der Waals surface area (Å²) in [6.07, 6.45) is 5.02. The van der Waals surface area contributed by atoms with Crippen molar-refractivity contribution in [3.05, 3.63) is 21.4 Å². The summed E-state index contributed by atoms with van der Waals surface area (Å²) in [7, 11) is 0. The lowest BCUT2D eigenvalue weighted by atomic mass is 10.2. The molecule has 0 fully saturated rings. The van der Waals surface area contributed by atoms with Gasteiger partial charge in [-0.25, -0.2) is 0 Å². The zero-order valence-electron chi connectivity index (χ0n) is 9.38. The molecule has 0 saturated carbocycles. The van der Waals surface area contributed by atoms with Gasteiger partial charge in [-0.3, -0.25) is 0 Å². The second kappa shape index (κ2) is 5.10. The number of aryl methyl sites for hydroxylation is 2. The Morgan fingerprint density at radius 1 is 1.53 bits per heavy atom. The fourth-order valence-electron chi connectivity index (χ4n) is 2.10. The minimum atomic E-state index is 0.534. The number of thiophene rings is 1. The Bertz CT molecular complexity index is 298. The molecule has 15 heavy (non-hydrogen) atoms. The van der Waals surface area contributed by atoms with E-state index in [1.54, 1.807) is 10.4 Å². The lowest BCUT2D eigenvalue weighted by molar-refractivity contribution is 0.522. The summed E-state index contributed by atoms with van der Waals surface area (Å²) in [5, 5.41) is 3.52. The monoisotopic (exact) mass is 224 g/mol. The molecule has 0 aromatic carbocycles. The van der Waals surface area contributed by atoms with Crippen molar-refractivity contribution in [1.29, 1.82) is 0 Å². The summed E-state index contributed by atoms with van der Waals surface area (Å²) in [5.74, 6) is 0. The van der Waals surface area contributed by atoms with E-state index >= 15 is 0 Å². The molecule has 1 unspecified atom stereocenters. The Balaban J connectivity index is 1.83. The minimum absolute atomic E-state index is 0.534. The van der Waals surface area contributed by atoms with Gasteiger partial charge in [0, 0.05) is 22.3 Å². The van der Waals surface area contributed by atoms with E-state index in [4.69, 9.17) is 5.73 Å². The molecule has 1 aliphatic rings. The van der Waals surface area contributed by atoms with Gasteiger partial charge in [0.05, 0.1) is 0 Å². The highest BCUT2D eigenvalue weighted by Crippen LogP contribution is 2.30. The van der Waals surface area contributed by atoms with Crippen LogP contribution >= 0.6 is 11.3 Å². The molecule has 0 aliphatic heterocycles. The third kappa shape index (κ3) is 2.80. The molecule has 1 atom stereocenters. The molecule has 1 aromatic heterocycles. The van der Waals surface area contributed by atoms with Gasteiger partial charge in [-0.05, 0) is 50.8 Å². The lowest BCUT2D eigenvalue weighted by Gasteiger charge is -2.11. The summed E-state index contributed by atoms with van der Waals surface area (Å²) < 4.78 is 0. The molecular weight excluding hydrogens is 204 g/mol. The van der Waals surface area contributed by atoms with Crippen molar-refractivity contribution in [3.8, 4) is 0 Å². The molecule has 1 heterocycles. The summed E-state index contributed by atoms with van der Waals surface area (Å²) >= 11 is 1.99. The van der Waals surface area contributed by atoms with Crippen LogP contribution in [-0.4, -0.2) is 12.6 Å². The molecule has 3 N–H and O–H groups in total.